The van der Waals surface area contributed by atoms with Gasteiger partial charge in [-0.2, -0.15) is 9.61 Å². The van der Waals surface area contributed by atoms with Gasteiger partial charge in [0.1, 0.15) is 12.4 Å². The van der Waals surface area contributed by atoms with Crippen molar-refractivity contribution in [1.29, 1.82) is 0 Å². The lowest BCUT2D eigenvalue weighted by molar-refractivity contribution is -0.143. The molecule has 3 fully saturated rings. The molecule has 0 aromatic carbocycles. The standard InChI is InChI=1S/C30H44FN7O4/c1-21(2)24-17-32-38-26(16-25(34-28(24)38)22-9-14-41-15-10-22)33-23-7-12-36(13-8-23)29(40)42-20-30(31)18-37(19-30)27(39)6-5-11-35(3)4/h5-6,16-17,21-23,33H,7-15,18-20H2,1-4H3/b6-5+. The van der Waals surface area contributed by atoms with Gasteiger partial charge >= 0.3 is 6.09 Å². The van der Waals surface area contributed by atoms with Crippen molar-refractivity contribution in [2.45, 2.75) is 63.1 Å². The summed E-state index contributed by atoms with van der Waals surface area (Å²) in [5.41, 5.74) is 1.37. The summed E-state index contributed by atoms with van der Waals surface area (Å²) in [7, 11) is 3.81. The molecule has 0 spiro atoms. The Morgan fingerprint density at radius 1 is 1.19 bits per heavy atom. The number of carbonyl (C=O) groups is 2. The van der Waals surface area contributed by atoms with E-state index in [9.17, 15) is 14.0 Å². The van der Waals surface area contributed by atoms with Crippen LogP contribution in [0.1, 0.15) is 62.6 Å². The maximum atomic E-state index is 15.0. The number of likely N-dealkylation sites (tertiary alicyclic amines) is 2. The molecule has 5 heterocycles. The van der Waals surface area contributed by atoms with E-state index >= 15 is 0 Å². The highest BCUT2D eigenvalue weighted by Crippen LogP contribution is 2.31. The molecule has 0 radical (unpaired) electrons. The molecule has 11 nitrogen and oxygen atoms in total. The molecule has 3 aliphatic heterocycles. The molecule has 0 bridgehead atoms. The molecule has 5 rings (SSSR count). The van der Waals surface area contributed by atoms with E-state index in [0.29, 0.717) is 31.5 Å². The minimum absolute atomic E-state index is 0.0698. The fourth-order valence-electron chi connectivity index (χ4n) is 5.76. The van der Waals surface area contributed by atoms with E-state index < -0.39 is 11.8 Å². The number of ether oxygens (including phenoxy) is 2. The number of hydrogen-bond donors (Lipinski definition) is 1. The third-order valence-corrected chi connectivity index (χ3v) is 8.33. The lowest BCUT2D eigenvalue weighted by Gasteiger charge is -2.43. The molecule has 0 aliphatic carbocycles. The van der Waals surface area contributed by atoms with Crippen LogP contribution in [0, 0.1) is 0 Å². The average Bonchev–Trinajstić information content (AvgIpc) is 3.40. The lowest BCUT2D eigenvalue weighted by atomic mass is 9.96. The highest BCUT2D eigenvalue weighted by Gasteiger charge is 2.46. The van der Waals surface area contributed by atoms with Crippen LogP contribution in [-0.2, 0) is 14.3 Å². The molecule has 0 unspecified atom stereocenters. The van der Waals surface area contributed by atoms with Gasteiger partial charge in [-0.3, -0.25) is 4.79 Å². The average molecular weight is 586 g/mol. The number of anilines is 1. The number of aromatic nitrogens is 3. The molecule has 3 saturated heterocycles. The van der Waals surface area contributed by atoms with Crippen molar-refractivity contribution in [3.8, 4) is 0 Å². The fraction of sp³-hybridized carbons (Fsp3) is 0.667. The first-order chi connectivity index (χ1) is 20.1. The van der Waals surface area contributed by atoms with Gasteiger partial charge in [-0.1, -0.05) is 19.9 Å². The summed E-state index contributed by atoms with van der Waals surface area (Å²) in [6.45, 7) is 6.96. The van der Waals surface area contributed by atoms with Crippen molar-refractivity contribution in [2.24, 2.45) is 0 Å². The van der Waals surface area contributed by atoms with Crippen LogP contribution < -0.4 is 5.32 Å². The van der Waals surface area contributed by atoms with Crippen molar-refractivity contribution >= 4 is 23.5 Å². The predicted molar refractivity (Wildman–Crippen MR) is 158 cm³/mol. The molecule has 0 atom stereocenters. The van der Waals surface area contributed by atoms with E-state index in [1.807, 2.05) is 29.7 Å². The zero-order valence-corrected chi connectivity index (χ0v) is 25.2. The van der Waals surface area contributed by atoms with Crippen LogP contribution in [0.2, 0.25) is 0 Å². The summed E-state index contributed by atoms with van der Waals surface area (Å²) in [5, 5.41) is 8.32. The van der Waals surface area contributed by atoms with Gasteiger partial charge in [-0.05, 0) is 45.7 Å². The number of nitrogens with one attached hydrogen (secondary N) is 1. The van der Waals surface area contributed by atoms with E-state index in [-0.39, 0.29) is 31.6 Å². The van der Waals surface area contributed by atoms with E-state index in [1.165, 1.54) is 11.0 Å². The zero-order valence-electron chi connectivity index (χ0n) is 25.2. The molecule has 42 heavy (non-hydrogen) atoms. The Balaban J connectivity index is 1.13. The Bertz CT molecular complexity index is 1280. The molecule has 3 aliphatic rings. The number of nitrogens with zero attached hydrogens (tertiary/aromatic N) is 6. The Labute approximate surface area is 247 Å². The van der Waals surface area contributed by atoms with E-state index in [2.05, 4.69) is 30.3 Å². The van der Waals surface area contributed by atoms with Crippen molar-refractivity contribution in [1.82, 2.24) is 29.3 Å². The molecule has 2 aromatic rings. The zero-order chi connectivity index (χ0) is 29.9. The maximum absolute atomic E-state index is 15.0. The molecule has 2 aromatic heterocycles. The van der Waals surface area contributed by atoms with Gasteiger partial charge in [0.2, 0.25) is 5.91 Å². The van der Waals surface area contributed by atoms with Crippen molar-refractivity contribution in [2.75, 3.05) is 72.0 Å². The third-order valence-electron chi connectivity index (χ3n) is 8.33. The number of alkyl halides is 1. The Hall–Kier alpha value is -3.25. The summed E-state index contributed by atoms with van der Waals surface area (Å²) >= 11 is 0. The smallest absolute Gasteiger partial charge is 0.409 e. The van der Waals surface area contributed by atoms with Crippen LogP contribution in [0.3, 0.4) is 0 Å². The van der Waals surface area contributed by atoms with E-state index in [4.69, 9.17) is 14.5 Å². The van der Waals surface area contributed by atoms with Crippen LogP contribution in [0.15, 0.2) is 24.4 Å². The molecule has 2 amide bonds. The van der Waals surface area contributed by atoms with Crippen LogP contribution in [-0.4, -0.2) is 120 Å². The van der Waals surface area contributed by atoms with Gasteiger partial charge in [-0.15, -0.1) is 0 Å². The second kappa shape index (κ2) is 12.9. The van der Waals surface area contributed by atoms with E-state index in [0.717, 1.165) is 61.6 Å². The summed E-state index contributed by atoms with van der Waals surface area (Å²) in [6, 6.07) is 2.26. The van der Waals surface area contributed by atoms with Crippen LogP contribution in [0.5, 0.6) is 0 Å². The van der Waals surface area contributed by atoms with Crippen LogP contribution in [0.4, 0.5) is 15.0 Å². The van der Waals surface area contributed by atoms with Gasteiger partial charge in [0.15, 0.2) is 11.3 Å². The molecular formula is C30H44FN7O4. The van der Waals surface area contributed by atoms with Gasteiger partial charge in [0, 0.05) is 68.2 Å². The summed E-state index contributed by atoms with van der Waals surface area (Å²) < 4.78 is 27.8. The number of halogens is 1. The molecule has 12 heteroatoms. The largest absolute Gasteiger partial charge is 0.446 e. The first kappa shape index (κ1) is 30.2. The first-order valence-electron chi connectivity index (χ1n) is 15.1. The topological polar surface area (TPSA) is 105 Å². The van der Waals surface area contributed by atoms with Gasteiger partial charge < -0.3 is 29.5 Å². The van der Waals surface area contributed by atoms with Gasteiger partial charge in [-0.25, -0.2) is 14.2 Å². The number of likely N-dealkylation sites (N-methyl/N-ethyl adjacent to an activating group) is 1. The lowest BCUT2D eigenvalue weighted by Crippen LogP contribution is -2.63. The fourth-order valence-corrected chi connectivity index (χ4v) is 5.76. The minimum atomic E-state index is -1.70. The van der Waals surface area contributed by atoms with Crippen molar-refractivity contribution < 1.29 is 23.5 Å². The number of amides is 2. The van der Waals surface area contributed by atoms with Crippen molar-refractivity contribution in [3.63, 3.8) is 0 Å². The van der Waals surface area contributed by atoms with Gasteiger partial charge in [0.25, 0.3) is 0 Å². The first-order valence-corrected chi connectivity index (χ1v) is 15.1. The number of carbonyl (C=O) groups excluding carboxylic acids is 2. The second-order valence-electron chi connectivity index (χ2n) is 12.4. The highest BCUT2D eigenvalue weighted by atomic mass is 19.1. The summed E-state index contributed by atoms with van der Waals surface area (Å²) in [6.07, 6.45) is 7.97. The van der Waals surface area contributed by atoms with Crippen LogP contribution in [0.25, 0.3) is 5.65 Å². The molecular weight excluding hydrogens is 541 g/mol. The molecule has 230 valence electrons. The van der Waals surface area contributed by atoms with Crippen LogP contribution >= 0.6 is 0 Å². The van der Waals surface area contributed by atoms with Gasteiger partial charge in [0.05, 0.1) is 19.3 Å². The Morgan fingerprint density at radius 2 is 1.90 bits per heavy atom. The number of piperidine rings is 1. The monoisotopic (exact) mass is 585 g/mol. The normalized spacial score (nSPS) is 20.1. The summed E-state index contributed by atoms with van der Waals surface area (Å²) in [4.78, 5) is 34.9. The second-order valence-corrected chi connectivity index (χ2v) is 12.4. The molecule has 1 N–H and O–H groups in total. The highest BCUT2D eigenvalue weighted by molar-refractivity contribution is 5.88. The quantitative estimate of drug-likeness (QED) is 0.447. The minimum Gasteiger partial charge on any atom is -0.446 e. The SMILES string of the molecule is CC(C)c1cnn2c(NC3CCN(C(=O)OCC4(F)CN(C(=O)/C=C/CN(C)C)C4)CC3)cc(C3CCOCC3)nc12. The number of fused-ring (bicyclic) bond motifs is 1. The van der Waals surface area contributed by atoms with Crippen molar-refractivity contribution in [3.05, 3.63) is 35.7 Å². The van der Waals surface area contributed by atoms with E-state index in [1.54, 1.807) is 11.0 Å². The maximum Gasteiger partial charge on any atom is 0.409 e. The third kappa shape index (κ3) is 7.03. The molecule has 0 saturated carbocycles. The Morgan fingerprint density at radius 3 is 2.57 bits per heavy atom. The Kier molecular flexibility index (Phi) is 9.32. The predicted octanol–water partition coefficient (Wildman–Crippen LogP) is 3.43. The number of rotatable bonds is 9. The number of hydrogen-bond acceptors (Lipinski definition) is 8. The summed E-state index contributed by atoms with van der Waals surface area (Å²) in [5.74, 6) is 1.34.